The molecular formula is C25H33NO7S. The van der Waals surface area contributed by atoms with Crippen molar-refractivity contribution in [3.8, 4) is 23.0 Å². The SMILES string of the molecule is COc1ccc(C2=C(C)CC3c4cc(OC)c(OC)cc4CCN3C2)cc1OC.CS(=O)(=O)O. The van der Waals surface area contributed by atoms with Crippen LogP contribution in [0.5, 0.6) is 23.0 Å². The fourth-order valence-electron chi connectivity index (χ4n) is 4.62. The van der Waals surface area contributed by atoms with Crippen LogP contribution in [0.2, 0.25) is 0 Å². The van der Waals surface area contributed by atoms with Gasteiger partial charge in [0.2, 0.25) is 0 Å². The average molecular weight is 492 g/mol. The Bertz CT molecular complexity index is 1170. The van der Waals surface area contributed by atoms with Gasteiger partial charge in [0.25, 0.3) is 10.1 Å². The smallest absolute Gasteiger partial charge is 0.261 e. The maximum Gasteiger partial charge on any atom is 0.261 e. The predicted molar refractivity (Wildman–Crippen MR) is 132 cm³/mol. The number of fused-ring (bicyclic) bond motifs is 3. The van der Waals surface area contributed by atoms with Crippen molar-refractivity contribution in [3.63, 3.8) is 0 Å². The third kappa shape index (κ3) is 5.84. The Morgan fingerprint density at radius 1 is 0.912 bits per heavy atom. The highest BCUT2D eigenvalue weighted by Crippen LogP contribution is 2.45. The van der Waals surface area contributed by atoms with Gasteiger partial charge < -0.3 is 18.9 Å². The molecule has 1 unspecified atom stereocenters. The maximum atomic E-state index is 9.19. The Labute approximate surface area is 201 Å². The predicted octanol–water partition coefficient (Wildman–Crippen LogP) is 4.00. The van der Waals surface area contributed by atoms with Crippen LogP contribution in [0.1, 0.15) is 36.1 Å². The number of hydrogen-bond donors (Lipinski definition) is 1. The monoisotopic (exact) mass is 491 g/mol. The average Bonchev–Trinajstić information content (AvgIpc) is 2.81. The Morgan fingerprint density at radius 3 is 2.06 bits per heavy atom. The van der Waals surface area contributed by atoms with Gasteiger partial charge in [0.05, 0.1) is 34.7 Å². The fraction of sp³-hybridized carbons (Fsp3) is 0.440. The normalized spacial score (nSPS) is 17.7. The summed E-state index contributed by atoms with van der Waals surface area (Å²) in [7, 11) is 3.08. The van der Waals surface area contributed by atoms with E-state index in [0.717, 1.165) is 48.9 Å². The van der Waals surface area contributed by atoms with Gasteiger partial charge >= 0.3 is 0 Å². The summed E-state index contributed by atoms with van der Waals surface area (Å²) in [4.78, 5) is 2.58. The van der Waals surface area contributed by atoms with Crippen LogP contribution in [0.3, 0.4) is 0 Å². The molecule has 2 aliphatic heterocycles. The Balaban J connectivity index is 0.000000588. The van der Waals surface area contributed by atoms with Crippen LogP contribution in [0.4, 0.5) is 0 Å². The van der Waals surface area contributed by atoms with Crippen molar-refractivity contribution in [2.45, 2.75) is 25.8 Å². The first-order valence-corrected chi connectivity index (χ1v) is 12.8. The topological polar surface area (TPSA) is 94.5 Å². The molecule has 0 radical (unpaired) electrons. The molecule has 0 aromatic heterocycles. The number of ether oxygens (including phenoxy) is 4. The molecule has 1 N–H and O–H groups in total. The zero-order valence-corrected chi connectivity index (χ0v) is 21.4. The lowest BCUT2D eigenvalue weighted by Gasteiger charge is -2.42. The zero-order chi connectivity index (χ0) is 25.0. The number of benzene rings is 2. The lowest BCUT2D eigenvalue weighted by Crippen LogP contribution is -2.39. The molecule has 0 aliphatic carbocycles. The van der Waals surface area contributed by atoms with Crippen molar-refractivity contribution in [1.82, 2.24) is 4.90 Å². The number of nitrogens with zero attached hydrogens (tertiary/aromatic N) is 1. The molecular weight excluding hydrogens is 458 g/mol. The second-order valence-corrected chi connectivity index (χ2v) is 9.87. The summed E-state index contributed by atoms with van der Waals surface area (Å²) < 4.78 is 47.9. The van der Waals surface area contributed by atoms with Gasteiger partial charge in [-0.3, -0.25) is 9.45 Å². The number of methoxy groups -OCH3 is 4. The van der Waals surface area contributed by atoms with Crippen LogP contribution >= 0.6 is 0 Å². The summed E-state index contributed by atoms with van der Waals surface area (Å²) in [6.07, 6.45) is 2.74. The van der Waals surface area contributed by atoms with Crippen LogP contribution in [0, 0.1) is 0 Å². The molecule has 2 aromatic rings. The molecule has 34 heavy (non-hydrogen) atoms. The summed E-state index contributed by atoms with van der Waals surface area (Å²) in [6, 6.07) is 10.9. The summed E-state index contributed by atoms with van der Waals surface area (Å²) in [5.74, 6) is 3.15. The molecule has 4 rings (SSSR count). The minimum absolute atomic E-state index is 0.377. The van der Waals surface area contributed by atoms with Crippen LogP contribution in [-0.2, 0) is 16.5 Å². The number of hydrogen-bond acceptors (Lipinski definition) is 7. The molecule has 1 atom stereocenters. The van der Waals surface area contributed by atoms with Crippen molar-refractivity contribution in [3.05, 3.63) is 52.6 Å². The first kappa shape index (κ1) is 25.9. The highest BCUT2D eigenvalue weighted by Gasteiger charge is 2.33. The molecule has 186 valence electrons. The van der Waals surface area contributed by atoms with Crippen LogP contribution in [0.15, 0.2) is 35.9 Å². The summed E-state index contributed by atoms with van der Waals surface area (Å²) in [5, 5.41) is 0. The fourth-order valence-corrected chi connectivity index (χ4v) is 4.62. The van der Waals surface area contributed by atoms with E-state index < -0.39 is 10.1 Å². The van der Waals surface area contributed by atoms with E-state index in [1.807, 2.05) is 6.07 Å². The van der Waals surface area contributed by atoms with E-state index in [1.54, 1.807) is 28.4 Å². The molecule has 0 saturated heterocycles. The second kappa shape index (κ2) is 10.7. The molecule has 0 fully saturated rings. The third-order valence-electron chi connectivity index (χ3n) is 6.22. The van der Waals surface area contributed by atoms with E-state index in [4.69, 9.17) is 23.5 Å². The van der Waals surface area contributed by atoms with E-state index >= 15 is 0 Å². The lowest BCUT2D eigenvalue weighted by atomic mass is 9.82. The quantitative estimate of drug-likeness (QED) is 0.627. The molecule has 0 spiro atoms. The summed E-state index contributed by atoms with van der Waals surface area (Å²) in [6.45, 7) is 4.22. The van der Waals surface area contributed by atoms with Gasteiger partial charge in [0, 0.05) is 19.1 Å². The molecule has 2 heterocycles. The van der Waals surface area contributed by atoms with E-state index in [9.17, 15) is 8.42 Å². The summed E-state index contributed by atoms with van der Waals surface area (Å²) >= 11 is 0. The first-order valence-electron chi connectivity index (χ1n) is 10.9. The van der Waals surface area contributed by atoms with Crippen LogP contribution in [0.25, 0.3) is 5.57 Å². The zero-order valence-electron chi connectivity index (χ0n) is 20.5. The minimum Gasteiger partial charge on any atom is -0.493 e. The van der Waals surface area contributed by atoms with Gasteiger partial charge in [-0.1, -0.05) is 11.6 Å². The van der Waals surface area contributed by atoms with E-state index in [0.29, 0.717) is 12.3 Å². The summed E-state index contributed by atoms with van der Waals surface area (Å²) in [5.41, 5.74) is 6.73. The van der Waals surface area contributed by atoms with Gasteiger partial charge in [0.15, 0.2) is 23.0 Å². The Hall–Kier alpha value is -2.75. The van der Waals surface area contributed by atoms with Gasteiger partial charge in [0.1, 0.15) is 0 Å². The van der Waals surface area contributed by atoms with Crippen LogP contribution in [-0.4, -0.2) is 65.7 Å². The third-order valence-corrected chi connectivity index (χ3v) is 6.22. The van der Waals surface area contributed by atoms with Crippen molar-refractivity contribution in [2.24, 2.45) is 0 Å². The van der Waals surface area contributed by atoms with Crippen molar-refractivity contribution >= 4 is 15.7 Å². The number of rotatable bonds is 5. The van der Waals surface area contributed by atoms with E-state index in [2.05, 4.69) is 36.1 Å². The highest BCUT2D eigenvalue weighted by molar-refractivity contribution is 7.85. The van der Waals surface area contributed by atoms with Crippen molar-refractivity contribution < 1.29 is 31.9 Å². The second-order valence-electron chi connectivity index (χ2n) is 8.41. The van der Waals surface area contributed by atoms with Gasteiger partial charge in [-0.25, -0.2) is 0 Å². The van der Waals surface area contributed by atoms with Crippen molar-refractivity contribution in [1.29, 1.82) is 0 Å². The molecule has 0 bridgehead atoms. The first-order chi connectivity index (χ1) is 16.1. The van der Waals surface area contributed by atoms with Crippen molar-refractivity contribution in [2.75, 3.05) is 47.8 Å². The maximum absolute atomic E-state index is 9.19. The van der Waals surface area contributed by atoms with Gasteiger partial charge in [-0.15, -0.1) is 0 Å². The molecule has 2 aromatic carbocycles. The largest absolute Gasteiger partial charge is 0.493 e. The molecule has 9 heteroatoms. The van der Waals surface area contributed by atoms with Gasteiger partial charge in [-0.2, -0.15) is 8.42 Å². The van der Waals surface area contributed by atoms with E-state index in [1.165, 1.54) is 27.8 Å². The Morgan fingerprint density at radius 2 is 1.47 bits per heavy atom. The van der Waals surface area contributed by atoms with Crippen LogP contribution < -0.4 is 18.9 Å². The van der Waals surface area contributed by atoms with Gasteiger partial charge in [-0.05, 0) is 66.3 Å². The lowest BCUT2D eigenvalue weighted by molar-refractivity contribution is 0.197. The minimum atomic E-state index is -3.67. The molecule has 0 amide bonds. The molecule has 8 nitrogen and oxygen atoms in total. The Kier molecular flexibility index (Phi) is 8.12. The molecule has 0 saturated carbocycles. The van der Waals surface area contributed by atoms with E-state index in [-0.39, 0.29) is 0 Å². The molecule has 2 aliphatic rings. The standard InChI is InChI=1S/C24H29NO4.CH4O3S/c1-15-10-20-18-13-24(29-5)23(28-4)12-17(18)8-9-25(20)14-19(15)16-6-7-21(26-2)22(11-16)27-3;1-5(2,3)4/h6-7,11-13,20H,8-10,14H2,1-5H3;1H3,(H,2,3,4). The highest BCUT2D eigenvalue weighted by atomic mass is 32.2.